The molecule has 2 aromatic carbocycles. The van der Waals surface area contributed by atoms with E-state index in [9.17, 15) is 9.59 Å². The number of ether oxygens (including phenoxy) is 1. The maximum absolute atomic E-state index is 12.1. The minimum atomic E-state index is -0.528. The summed E-state index contributed by atoms with van der Waals surface area (Å²) in [7, 11) is 0. The first-order valence-electron chi connectivity index (χ1n) is 8.40. The van der Waals surface area contributed by atoms with Gasteiger partial charge in [-0.3, -0.25) is 9.59 Å². The molecule has 6 heteroatoms. The van der Waals surface area contributed by atoms with Crippen LogP contribution in [-0.2, 0) is 20.7 Å². The number of rotatable bonds is 5. The topological polar surface area (TPSA) is 92.3 Å². The lowest BCUT2D eigenvalue weighted by atomic mass is 10.0. The summed E-state index contributed by atoms with van der Waals surface area (Å²) >= 11 is 0. The van der Waals surface area contributed by atoms with Gasteiger partial charge in [-0.05, 0) is 37.1 Å². The second-order valence-corrected chi connectivity index (χ2v) is 6.19. The number of para-hydroxylation sites is 1. The van der Waals surface area contributed by atoms with Gasteiger partial charge in [-0.15, -0.1) is 0 Å². The molecule has 0 bridgehead atoms. The van der Waals surface area contributed by atoms with Gasteiger partial charge in [0.2, 0.25) is 0 Å². The van der Waals surface area contributed by atoms with Crippen LogP contribution in [0.2, 0.25) is 0 Å². The van der Waals surface area contributed by atoms with Gasteiger partial charge < -0.3 is 14.5 Å². The van der Waals surface area contributed by atoms with Gasteiger partial charge in [0.25, 0.3) is 5.91 Å². The Morgan fingerprint density at radius 2 is 1.96 bits per heavy atom. The number of carbonyl (C=O) groups is 2. The van der Waals surface area contributed by atoms with Crippen LogP contribution in [-0.4, -0.2) is 18.5 Å². The number of aryl methyl sites for hydroxylation is 2. The molecule has 1 heterocycles. The van der Waals surface area contributed by atoms with Crippen LogP contribution in [0.25, 0.3) is 11.0 Å². The second kappa shape index (κ2) is 7.75. The number of nitrogens with one attached hydrogen (secondary N) is 1. The van der Waals surface area contributed by atoms with E-state index in [1.54, 1.807) is 30.5 Å². The quantitative estimate of drug-likeness (QED) is 0.700. The Morgan fingerprint density at radius 1 is 1.19 bits per heavy atom. The van der Waals surface area contributed by atoms with Gasteiger partial charge in [0, 0.05) is 10.9 Å². The van der Waals surface area contributed by atoms with Crippen LogP contribution in [0.4, 0.5) is 5.69 Å². The van der Waals surface area contributed by atoms with Gasteiger partial charge in [0.15, 0.2) is 6.61 Å². The van der Waals surface area contributed by atoms with Crippen molar-refractivity contribution in [3.63, 3.8) is 0 Å². The minimum absolute atomic E-state index is 0.0115. The number of benzene rings is 2. The molecule has 3 aromatic rings. The summed E-state index contributed by atoms with van der Waals surface area (Å²) in [5.74, 6) is -1.03. The lowest BCUT2D eigenvalue weighted by Gasteiger charge is -2.07. The van der Waals surface area contributed by atoms with Gasteiger partial charge in [0.05, 0.1) is 23.9 Å². The van der Waals surface area contributed by atoms with Gasteiger partial charge in [-0.1, -0.05) is 24.3 Å². The lowest BCUT2D eigenvalue weighted by Crippen LogP contribution is -2.22. The number of nitrogens with zero attached hydrogens (tertiary/aromatic N) is 1. The van der Waals surface area contributed by atoms with Crippen LogP contribution < -0.4 is 5.32 Å². The van der Waals surface area contributed by atoms with E-state index < -0.39 is 18.5 Å². The van der Waals surface area contributed by atoms with E-state index in [0.29, 0.717) is 16.8 Å². The first kappa shape index (κ1) is 18.2. The van der Waals surface area contributed by atoms with Gasteiger partial charge in [-0.2, -0.15) is 5.26 Å². The third-order valence-corrected chi connectivity index (χ3v) is 4.36. The highest BCUT2D eigenvalue weighted by molar-refractivity contribution is 5.94. The smallest absolute Gasteiger partial charge is 0.310 e. The molecule has 1 aromatic heterocycles. The van der Waals surface area contributed by atoms with Crippen molar-refractivity contribution in [2.24, 2.45) is 0 Å². The van der Waals surface area contributed by atoms with E-state index in [1.165, 1.54) is 0 Å². The van der Waals surface area contributed by atoms with Crippen molar-refractivity contribution in [3.8, 4) is 6.07 Å². The van der Waals surface area contributed by atoms with Crippen molar-refractivity contribution in [1.82, 2.24) is 0 Å². The average molecular weight is 362 g/mol. The normalized spacial score (nSPS) is 10.4. The zero-order chi connectivity index (χ0) is 19.4. The molecule has 136 valence electrons. The molecule has 1 amide bonds. The second-order valence-electron chi connectivity index (χ2n) is 6.19. The summed E-state index contributed by atoms with van der Waals surface area (Å²) in [4.78, 5) is 24.1. The number of anilines is 1. The van der Waals surface area contributed by atoms with Crippen LogP contribution >= 0.6 is 0 Å². The number of hydrogen-bond donors (Lipinski definition) is 1. The predicted octanol–water partition coefficient (Wildman–Crippen LogP) is 3.65. The van der Waals surface area contributed by atoms with Crippen molar-refractivity contribution in [1.29, 1.82) is 5.26 Å². The molecule has 0 aliphatic rings. The molecular weight excluding hydrogens is 344 g/mol. The lowest BCUT2D eigenvalue weighted by molar-refractivity contribution is -0.146. The van der Waals surface area contributed by atoms with Gasteiger partial charge in [-0.25, -0.2) is 0 Å². The minimum Gasteiger partial charge on any atom is -0.464 e. The van der Waals surface area contributed by atoms with Crippen molar-refractivity contribution in [3.05, 3.63) is 64.9 Å². The monoisotopic (exact) mass is 362 g/mol. The maximum Gasteiger partial charge on any atom is 0.310 e. The fraction of sp³-hybridized carbons (Fsp3) is 0.190. The molecule has 0 aliphatic heterocycles. The molecule has 0 saturated carbocycles. The summed E-state index contributed by atoms with van der Waals surface area (Å²) in [6.07, 6.45) is 1.55. The molecule has 3 rings (SSSR count). The molecule has 6 nitrogen and oxygen atoms in total. The molecule has 0 spiro atoms. The van der Waals surface area contributed by atoms with E-state index in [4.69, 9.17) is 14.4 Å². The standard InChI is InChI=1S/C21H18N2O4/c1-13-7-8-17-16(11-27-21(17)14(13)2)9-20(25)26-12-19(24)23-18-6-4-3-5-15(18)10-22/h3-8,11H,9,12H2,1-2H3,(H,23,24). The number of furan rings is 1. The van der Waals surface area contributed by atoms with Crippen molar-refractivity contribution < 1.29 is 18.7 Å². The van der Waals surface area contributed by atoms with Crippen LogP contribution in [0.5, 0.6) is 0 Å². The highest BCUT2D eigenvalue weighted by Crippen LogP contribution is 2.26. The van der Waals surface area contributed by atoms with E-state index >= 15 is 0 Å². The fourth-order valence-electron chi connectivity index (χ4n) is 2.75. The van der Waals surface area contributed by atoms with Gasteiger partial charge in [0.1, 0.15) is 11.7 Å². The first-order chi connectivity index (χ1) is 13.0. The summed E-state index contributed by atoms with van der Waals surface area (Å²) in [5.41, 5.74) is 4.33. The van der Waals surface area contributed by atoms with Crippen molar-refractivity contribution in [2.45, 2.75) is 20.3 Å². The number of carbonyl (C=O) groups excluding carboxylic acids is 2. The molecule has 0 unspecified atom stereocenters. The summed E-state index contributed by atoms with van der Waals surface area (Å²) in [6.45, 7) is 3.54. The van der Waals surface area contributed by atoms with E-state index in [-0.39, 0.29) is 6.42 Å². The van der Waals surface area contributed by atoms with Crippen LogP contribution in [0, 0.1) is 25.2 Å². The van der Waals surface area contributed by atoms with Crippen LogP contribution in [0.3, 0.4) is 0 Å². The first-order valence-corrected chi connectivity index (χ1v) is 8.40. The van der Waals surface area contributed by atoms with Crippen LogP contribution in [0.15, 0.2) is 47.1 Å². The number of nitriles is 1. The molecule has 0 fully saturated rings. The van der Waals surface area contributed by atoms with E-state index in [1.807, 2.05) is 32.0 Å². The number of esters is 1. The molecule has 1 N–H and O–H groups in total. The van der Waals surface area contributed by atoms with E-state index in [2.05, 4.69) is 5.32 Å². The molecule has 27 heavy (non-hydrogen) atoms. The SMILES string of the molecule is Cc1ccc2c(CC(=O)OCC(=O)Nc3ccccc3C#N)coc2c1C. The van der Waals surface area contributed by atoms with E-state index in [0.717, 1.165) is 22.1 Å². The Morgan fingerprint density at radius 3 is 2.74 bits per heavy atom. The number of fused-ring (bicyclic) bond motifs is 1. The van der Waals surface area contributed by atoms with Crippen molar-refractivity contribution in [2.75, 3.05) is 11.9 Å². The molecule has 0 saturated heterocycles. The van der Waals surface area contributed by atoms with Crippen LogP contribution in [0.1, 0.15) is 22.3 Å². The Kier molecular flexibility index (Phi) is 5.23. The average Bonchev–Trinajstić information content (AvgIpc) is 3.07. The summed E-state index contributed by atoms with van der Waals surface area (Å²) < 4.78 is 10.6. The zero-order valence-corrected chi connectivity index (χ0v) is 15.0. The Hall–Kier alpha value is -3.59. The largest absolute Gasteiger partial charge is 0.464 e. The number of hydrogen-bond acceptors (Lipinski definition) is 5. The third kappa shape index (κ3) is 3.98. The fourth-order valence-corrected chi connectivity index (χ4v) is 2.75. The molecule has 0 aliphatic carbocycles. The number of amides is 1. The molecule has 0 atom stereocenters. The zero-order valence-electron chi connectivity index (χ0n) is 15.0. The summed E-state index contributed by atoms with van der Waals surface area (Å²) in [5, 5.41) is 12.4. The third-order valence-electron chi connectivity index (χ3n) is 4.36. The highest BCUT2D eigenvalue weighted by atomic mass is 16.5. The Bertz CT molecular complexity index is 1060. The highest BCUT2D eigenvalue weighted by Gasteiger charge is 2.15. The molecule has 0 radical (unpaired) electrons. The van der Waals surface area contributed by atoms with Gasteiger partial charge >= 0.3 is 5.97 Å². The maximum atomic E-state index is 12.1. The predicted molar refractivity (Wildman–Crippen MR) is 100 cm³/mol. The Labute approximate surface area is 156 Å². The Balaban J connectivity index is 1.59. The molecular formula is C21H18N2O4. The summed E-state index contributed by atoms with van der Waals surface area (Å²) in [6, 6.07) is 12.5. The van der Waals surface area contributed by atoms with Crippen molar-refractivity contribution >= 4 is 28.5 Å².